The minimum Gasteiger partial charge on any atom is -0.435 e. The van der Waals surface area contributed by atoms with E-state index in [1.165, 1.54) is 24.3 Å². The van der Waals surface area contributed by atoms with Crippen molar-refractivity contribution in [2.45, 2.75) is 25.9 Å². The summed E-state index contributed by atoms with van der Waals surface area (Å²) in [5, 5.41) is 2.88. The number of hydrogen-bond donors (Lipinski definition) is 2. The van der Waals surface area contributed by atoms with Crippen molar-refractivity contribution in [3.05, 3.63) is 29.8 Å². The molecule has 21 heavy (non-hydrogen) atoms. The van der Waals surface area contributed by atoms with Gasteiger partial charge in [-0.2, -0.15) is 8.78 Å². The van der Waals surface area contributed by atoms with Crippen molar-refractivity contribution in [3.8, 4) is 5.75 Å². The minimum atomic E-state index is -2.86. The van der Waals surface area contributed by atoms with Gasteiger partial charge in [-0.15, -0.1) is 0 Å². The summed E-state index contributed by atoms with van der Waals surface area (Å²) in [5.41, 5.74) is 6.14. The van der Waals surface area contributed by atoms with Crippen LogP contribution in [0.1, 0.15) is 29.6 Å². The fourth-order valence-corrected chi connectivity index (χ4v) is 2.81. The van der Waals surface area contributed by atoms with Crippen molar-refractivity contribution in [1.82, 2.24) is 5.32 Å². The number of nitrogens with one attached hydrogen (secondary N) is 1. The van der Waals surface area contributed by atoms with Gasteiger partial charge in [0.2, 0.25) is 0 Å². The molecule has 1 fully saturated rings. The first kappa shape index (κ1) is 15.7. The van der Waals surface area contributed by atoms with Crippen LogP contribution in [-0.2, 0) is 0 Å². The SMILES string of the molecule is NCC1CCCC1CNC(=O)c1ccc(OC(F)F)cc1. The van der Waals surface area contributed by atoms with Crippen LogP contribution in [0.15, 0.2) is 24.3 Å². The minimum absolute atomic E-state index is 0.0422. The molecule has 1 aliphatic carbocycles. The highest BCUT2D eigenvalue weighted by atomic mass is 19.3. The van der Waals surface area contributed by atoms with Gasteiger partial charge in [0.05, 0.1) is 0 Å². The van der Waals surface area contributed by atoms with Crippen molar-refractivity contribution in [2.75, 3.05) is 13.1 Å². The van der Waals surface area contributed by atoms with Gasteiger partial charge in [0.15, 0.2) is 0 Å². The Bertz CT molecular complexity index is 465. The average molecular weight is 298 g/mol. The van der Waals surface area contributed by atoms with Gasteiger partial charge in [-0.05, 0) is 55.5 Å². The topological polar surface area (TPSA) is 64.3 Å². The molecule has 2 rings (SSSR count). The number of carbonyl (C=O) groups excluding carboxylic acids is 1. The van der Waals surface area contributed by atoms with Gasteiger partial charge >= 0.3 is 6.61 Å². The number of amides is 1. The molecule has 2 atom stereocenters. The van der Waals surface area contributed by atoms with Gasteiger partial charge in [-0.25, -0.2) is 0 Å². The summed E-state index contributed by atoms with van der Waals surface area (Å²) in [6.45, 7) is -1.60. The molecule has 2 unspecified atom stereocenters. The third-order valence-corrected chi connectivity index (χ3v) is 3.99. The van der Waals surface area contributed by atoms with E-state index in [1.807, 2.05) is 0 Å². The molecule has 1 aliphatic rings. The lowest BCUT2D eigenvalue weighted by molar-refractivity contribution is -0.0498. The highest BCUT2D eigenvalue weighted by molar-refractivity contribution is 5.94. The third kappa shape index (κ3) is 4.39. The van der Waals surface area contributed by atoms with E-state index in [-0.39, 0.29) is 11.7 Å². The molecule has 0 spiro atoms. The molecule has 0 aromatic heterocycles. The van der Waals surface area contributed by atoms with Gasteiger partial charge < -0.3 is 15.8 Å². The molecule has 1 aromatic carbocycles. The van der Waals surface area contributed by atoms with Crippen LogP contribution in [0.3, 0.4) is 0 Å². The fraction of sp³-hybridized carbons (Fsp3) is 0.533. The summed E-state index contributed by atoms with van der Waals surface area (Å²) < 4.78 is 28.3. The number of rotatable bonds is 6. The zero-order chi connectivity index (χ0) is 15.2. The smallest absolute Gasteiger partial charge is 0.387 e. The molecule has 0 aliphatic heterocycles. The second kappa shape index (κ2) is 7.36. The van der Waals surface area contributed by atoms with Crippen LogP contribution in [0, 0.1) is 11.8 Å². The maximum atomic E-state index is 12.0. The van der Waals surface area contributed by atoms with Crippen molar-refractivity contribution < 1.29 is 18.3 Å². The zero-order valence-corrected chi connectivity index (χ0v) is 11.7. The average Bonchev–Trinajstić information content (AvgIpc) is 2.92. The Morgan fingerprint density at radius 3 is 2.57 bits per heavy atom. The van der Waals surface area contributed by atoms with Gasteiger partial charge in [0, 0.05) is 12.1 Å². The number of alkyl halides is 2. The summed E-state index contributed by atoms with van der Waals surface area (Å²) in [5.74, 6) is 0.745. The number of benzene rings is 1. The molecule has 1 aromatic rings. The molecule has 1 amide bonds. The highest BCUT2D eigenvalue weighted by Gasteiger charge is 2.26. The van der Waals surface area contributed by atoms with Crippen LogP contribution >= 0.6 is 0 Å². The van der Waals surface area contributed by atoms with E-state index in [0.717, 1.165) is 19.3 Å². The summed E-state index contributed by atoms with van der Waals surface area (Å²) in [6.07, 6.45) is 3.36. The Balaban J connectivity index is 1.85. The van der Waals surface area contributed by atoms with Crippen LogP contribution in [0.4, 0.5) is 8.78 Å². The van der Waals surface area contributed by atoms with E-state index in [2.05, 4.69) is 10.1 Å². The highest BCUT2D eigenvalue weighted by Crippen LogP contribution is 2.30. The van der Waals surface area contributed by atoms with E-state index in [1.54, 1.807) is 0 Å². The van der Waals surface area contributed by atoms with Gasteiger partial charge in [0.25, 0.3) is 5.91 Å². The lowest BCUT2D eigenvalue weighted by atomic mass is 9.96. The van der Waals surface area contributed by atoms with Crippen molar-refractivity contribution in [2.24, 2.45) is 17.6 Å². The van der Waals surface area contributed by atoms with E-state index in [9.17, 15) is 13.6 Å². The molecule has 6 heteroatoms. The Kier molecular flexibility index (Phi) is 5.50. The molecule has 0 saturated heterocycles. The number of halogens is 2. The van der Waals surface area contributed by atoms with Crippen LogP contribution in [0.2, 0.25) is 0 Å². The Hall–Kier alpha value is -1.69. The Morgan fingerprint density at radius 1 is 1.29 bits per heavy atom. The zero-order valence-electron chi connectivity index (χ0n) is 11.7. The van der Waals surface area contributed by atoms with Gasteiger partial charge in [0.1, 0.15) is 5.75 Å². The molecule has 0 radical (unpaired) electrons. The van der Waals surface area contributed by atoms with Crippen LogP contribution in [-0.4, -0.2) is 25.6 Å². The summed E-state index contributed by atoms with van der Waals surface area (Å²) in [6, 6.07) is 5.67. The quantitative estimate of drug-likeness (QED) is 0.847. The van der Waals surface area contributed by atoms with E-state index < -0.39 is 6.61 Å². The standard InChI is InChI=1S/C15H20F2N2O2/c16-15(17)21-13-6-4-10(5-7-13)14(20)19-9-12-3-1-2-11(12)8-18/h4-7,11-12,15H,1-3,8-9,18H2,(H,19,20). The molecule has 116 valence electrons. The fourth-order valence-electron chi connectivity index (χ4n) is 2.81. The lowest BCUT2D eigenvalue weighted by Crippen LogP contribution is -2.32. The number of ether oxygens (including phenoxy) is 1. The van der Waals surface area contributed by atoms with E-state index in [4.69, 9.17) is 5.73 Å². The molecular weight excluding hydrogens is 278 g/mol. The first-order valence-corrected chi connectivity index (χ1v) is 7.13. The van der Waals surface area contributed by atoms with Crippen LogP contribution < -0.4 is 15.8 Å². The number of nitrogens with two attached hydrogens (primary N) is 1. The Morgan fingerprint density at radius 2 is 1.95 bits per heavy atom. The van der Waals surface area contributed by atoms with Crippen molar-refractivity contribution >= 4 is 5.91 Å². The Labute approximate surface area is 122 Å². The first-order valence-electron chi connectivity index (χ1n) is 7.13. The number of hydrogen-bond acceptors (Lipinski definition) is 3. The first-order chi connectivity index (χ1) is 10.1. The summed E-state index contributed by atoms with van der Waals surface area (Å²) in [4.78, 5) is 12.0. The molecular formula is C15H20F2N2O2. The second-order valence-corrected chi connectivity index (χ2v) is 5.30. The lowest BCUT2D eigenvalue weighted by Gasteiger charge is -2.18. The monoisotopic (exact) mass is 298 g/mol. The van der Waals surface area contributed by atoms with Crippen molar-refractivity contribution in [1.29, 1.82) is 0 Å². The second-order valence-electron chi connectivity index (χ2n) is 5.30. The van der Waals surface area contributed by atoms with E-state index >= 15 is 0 Å². The van der Waals surface area contributed by atoms with Crippen molar-refractivity contribution in [3.63, 3.8) is 0 Å². The summed E-state index contributed by atoms with van der Waals surface area (Å²) >= 11 is 0. The molecule has 1 saturated carbocycles. The maximum absolute atomic E-state index is 12.0. The van der Waals surface area contributed by atoms with Crippen LogP contribution in [0.25, 0.3) is 0 Å². The molecule has 0 bridgehead atoms. The predicted octanol–water partition coefficient (Wildman–Crippen LogP) is 2.39. The molecule has 0 heterocycles. The maximum Gasteiger partial charge on any atom is 0.387 e. The normalized spacial score (nSPS) is 21.5. The molecule has 3 N–H and O–H groups in total. The number of carbonyl (C=O) groups is 1. The molecule has 4 nitrogen and oxygen atoms in total. The van der Waals surface area contributed by atoms with E-state index in [0.29, 0.717) is 30.5 Å². The summed E-state index contributed by atoms with van der Waals surface area (Å²) in [7, 11) is 0. The third-order valence-electron chi connectivity index (χ3n) is 3.99. The van der Waals surface area contributed by atoms with Crippen LogP contribution in [0.5, 0.6) is 5.75 Å². The van der Waals surface area contributed by atoms with Gasteiger partial charge in [-0.3, -0.25) is 4.79 Å². The van der Waals surface area contributed by atoms with Gasteiger partial charge in [-0.1, -0.05) is 6.42 Å². The largest absolute Gasteiger partial charge is 0.435 e. The predicted molar refractivity (Wildman–Crippen MR) is 75.3 cm³/mol.